The third-order valence-electron chi connectivity index (χ3n) is 3.70. The maximum atomic E-state index is 12.4. The maximum absolute atomic E-state index is 12.4. The average Bonchev–Trinajstić information content (AvgIpc) is 3.16. The van der Waals surface area contributed by atoms with Gasteiger partial charge in [0.05, 0.1) is 18.7 Å². The van der Waals surface area contributed by atoms with Gasteiger partial charge >= 0.3 is 0 Å². The predicted molar refractivity (Wildman–Crippen MR) is 77.6 cm³/mol. The van der Waals surface area contributed by atoms with Crippen LogP contribution >= 0.6 is 0 Å². The molecule has 0 aliphatic heterocycles. The quantitative estimate of drug-likeness (QED) is 0.738. The number of fused-ring (bicyclic) bond motifs is 1. The van der Waals surface area contributed by atoms with Crippen molar-refractivity contribution in [2.75, 3.05) is 7.05 Å². The average molecular weight is 284 g/mol. The largest absolute Gasteiger partial charge is 0.467 e. The number of aromatic nitrogens is 1. The van der Waals surface area contributed by atoms with E-state index < -0.39 is 0 Å². The first-order chi connectivity index (χ1) is 10.2. The lowest BCUT2D eigenvalue weighted by molar-refractivity contribution is -0.131. The van der Waals surface area contributed by atoms with Crippen LogP contribution in [0.1, 0.15) is 24.4 Å². The van der Waals surface area contributed by atoms with Gasteiger partial charge in [-0.15, -0.1) is 0 Å². The second-order valence-corrected chi connectivity index (χ2v) is 5.00. The molecule has 0 spiro atoms. The third-order valence-corrected chi connectivity index (χ3v) is 3.70. The van der Waals surface area contributed by atoms with Crippen molar-refractivity contribution < 1.29 is 13.7 Å². The Hall–Kier alpha value is -2.56. The normalized spacial score (nSPS) is 12.5. The minimum Gasteiger partial charge on any atom is -0.467 e. The van der Waals surface area contributed by atoms with Crippen molar-refractivity contribution in [3.63, 3.8) is 0 Å². The molecular weight excluding hydrogens is 268 g/mol. The summed E-state index contributed by atoms with van der Waals surface area (Å²) in [6.45, 7) is 1.93. The second kappa shape index (κ2) is 5.44. The van der Waals surface area contributed by atoms with Crippen LogP contribution in [0.5, 0.6) is 0 Å². The standard InChI is InChI=1S/C16H16N2O3/c1-11(14-8-5-9-20-14)18(2)16(19)10-13-12-6-3-4-7-15(12)21-17-13/h3-9,11H,10H2,1-2H3. The third kappa shape index (κ3) is 2.54. The van der Waals surface area contributed by atoms with Gasteiger partial charge in [0.1, 0.15) is 11.5 Å². The van der Waals surface area contributed by atoms with Crippen LogP contribution in [0.15, 0.2) is 51.6 Å². The van der Waals surface area contributed by atoms with E-state index in [1.165, 1.54) is 0 Å². The minimum atomic E-state index is -0.120. The molecule has 1 unspecified atom stereocenters. The van der Waals surface area contributed by atoms with Crippen LogP contribution in [0.2, 0.25) is 0 Å². The summed E-state index contributed by atoms with van der Waals surface area (Å²) in [6, 6.07) is 11.1. The summed E-state index contributed by atoms with van der Waals surface area (Å²) in [6.07, 6.45) is 1.81. The molecule has 5 nitrogen and oxygen atoms in total. The molecule has 21 heavy (non-hydrogen) atoms. The Morgan fingerprint density at radius 2 is 2.10 bits per heavy atom. The molecule has 0 aliphatic carbocycles. The molecule has 1 amide bonds. The first kappa shape index (κ1) is 13.4. The Morgan fingerprint density at radius 1 is 1.29 bits per heavy atom. The predicted octanol–water partition coefficient (Wildman–Crippen LogP) is 3.18. The van der Waals surface area contributed by atoms with Gasteiger partial charge in [-0.05, 0) is 31.2 Å². The number of furan rings is 1. The van der Waals surface area contributed by atoms with Crippen LogP contribution in [0, 0.1) is 0 Å². The molecule has 0 saturated heterocycles. The van der Waals surface area contributed by atoms with Crippen LogP contribution in [-0.2, 0) is 11.2 Å². The van der Waals surface area contributed by atoms with Crippen LogP contribution in [0.25, 0.3) is 11.0 Å². The van der Waals surface area contributed by atoms with E-state index in [1.807, 2.05) is 43.3 Å². The van der Waals surface area contributed by atoms with E-state index >= 15 is 0 Å². The molecule has 108 valence electrons. The number of para-hydroxylation sites is 1. The fraction of sp³-hybridized carbons (Fsp3) is 0.250. The molecule has 0 bridgehead atoms. The summed E-state index contributed by atoms with van der Waals surface area (Å²) in [7, 11) is 1.76. The van der Waals surface area contributed by atoms with E-state index in [9.17, 15) is 4.79 Å². The number of hydrogen-bond acceptors (Lipinski definition) is 4. The maximum Gasteiger partial charge on any atom is 0.229 e. The zero-order chi connectivity index (χ0) is 14.8. The molecule has 3 rings (SSSR count). The van der Waals surface area contributed by atoms with Crippen LogP contribution in [0.4, 0.5) is 0 Å². The SMILES string of the molecule is CC(c1ccco1)N(C)C(=O)Cc1noc2ccccc12. The van der Waals surface area contributed by atoms with E-state index in [1.54, 1.807) is 18.2 Å². The molecule has 1 aromatic carbocycles. The van der Waals surface area contributed by atoms with Gasteiger partial charge < -0.3 is 13.8 Å². The molecule has 3 aromatic rings. The van der Waals surface area contributed by atoms with E-state index in [2.05, 4.69) is 5.16 Å². The zero-order valence-electron chi connectivity index (χ0n) is 11.9. The molecule has 1 atom stereocenters. The fourth-order valence-electron chi connectivity index (χ4n) is 2.27. The Kier molecular flexibility index (Phi) is 3.48. The van der Waals surface area contributed by atoms with Gasteiger partial charge in [0.15, 0.2) is 5.58 Å². The molecule has 0 fully saturated rings. The smallest absolute Gasteiger partial charge is 0.229 e. The summed E-state index contributed by atoms with van der Waals surface area (Å²) < 4.78 is 10.6. The molecule has 0 N–H and O–H groups in total. The van der Waals surface area contributed by atoms with Gasteiger partial charge in [-0.3, -0.25) is 4.79 Å². The number of nitrogens with zero attached hydrogens (tertiary/aromatic N) is 2. The lowest BCUT2D eigenvalue weighted by Crippen LogP contribution is -2.30. The van der Waals surface area contributed by atoms with Crippen LogP contribution in [-0.4, -0.2) is 23.0 Å². The highest BCUT2D eigenvalue weighted by Gasteiger charge is 2.21. The van der Waals surface area contributed by atoms with Crippen molar-refractivity contribution in [1.29, 1.82) is 0 Å². The van der Waals surface area contributed by atoms with Gasteiger partial charge in [0, 0.05) is 12.4 Å². The summed E-state index contributed by atoms with van der Waals surface area (Å²) in [4.78, 5) is 14.0. The van der Waals surface area contributed by atoms with Gasteiger partial charge in [-0.2, -0.15) is 0 Å². The fourth-order valence-corrected chi connectivity index (χ4v) is 2.27. The number of carbonyl (C=O) groups excluding carboxylic acids is 1. The first-order valence-electron chi connectivity index (χ1n) is 6.79. The van der Waals surface area contributed by atoms with E-state index in [0.717, 1.165) is 11.1 Å². The summed E-state index contributed by atoms with van der Waals surface area (Å²) in [5, 5.41) is 4.87. The van der Waals surface area contributed by atoms with Crippen molar-refractivity contribution in [1.82, 2.24) is 10.1 Å². The van der Waals surface area contributed by atoms with Crippen molar-refractivity contribution in [2.24, 2.45) is 0 Å². The highest BCUT2D eigenvalue weighted by Crippen LogP contribution is 2.22. The van der Waals surface area contributed by atoms with Crippen LogP contribution < -0.4 is 0 Å². The number of carbonyl (C=O) groups is 1. The minimum absolute atomic E-state index is 0.0297. The molecule has 0 radical (unpaired) electrons. The van der Waals surface area contributed by atoms with Gasteiger partial charge in [-0.1, -0.05) is 17.3 Å². The highest BCUT2D eigenvalue weighted by molar-refractivity contribution is 5.86. The Balaban J connectivity index is 1.77. The molecule has 5 heteroatoms. The number of amides is 1. The van der Waals surface area contributed by atoms with Gasteiger partial charge in [-0.25, -0.2) is 0 Å². The van der Waals surface area contributed by atoms with E-state index in [4.69, 9.17) is 8.94 Å². The van der Waals surface area contributed by atoms with Crippen molar-refractivity contribution in [2.45, 2.75) is 19.4 Å². The molecular formula is C16H16N2O3. The molecule has 0 saturated carbocycles. The first-order valence-corrected chi connectivity index (χ1v) is 6.79. The topological polar surface area (TPSA) is 59.5 Å². The van der Waals surface area contributed by atoms with E-state index in [-0.39, 0.29) is 18.4 Å². The van der Waals surface area contributed by atoms with Gasteiger partial charge in [0.25, 0.3) is 0 Å². The van der Waals surface area contributed by atoms with Crippen molar-refractivity contribution in [3.8, 4) is 0 Å². The van der Waals surface area contributed by atoms with Crippen LogP contribution in [0.3, 0.4) is 0 Å². The summed E-state index contributed by atoms with van der Waals surface area (Å²) in [5.74, 6) is 0.730. The lowest BCUT2D eigenvalue weighted by Gasteiger charge is -2.22. The summed E-state index contributed by atoms with van der Waals surface area (Å²) >= 11 is 0. The number of hydrogen-bond donors (Lipinski definition) is 0. The lowest BCUT2D eigenvalue weighted by atomic mass is 10.1. The van der Waals surface area contributed by atoms with Gasteiger partial charge in [0.2, 0.25) is 5.91 Å². The highest BCUT2D eigenvalue weighted by atomic mass is 16.5. The molecule has 0 aliphatic rings. The van der Waals surface area contributed by atoms with Crippen molar-refractivity contribution in [3.05, 3.63) is 54.1 Å². The zero-order valence-corrected chi connectivity index (χ0v) is 11.9. The monoisotopic (exact) mass is 284 g/mol. The van der Waals surface area contributed by atoms with E-state index in [0.29, 0.717) is 11.3 Å². The van der Waals surface area contributed by atoms with Crippen molar-refractivity contribution >= 4 is 16.9 Å². The molecule has 2 heterocycles. The number of rotatable bonds is 4. The summed E-state index contributed by atoms with van der Waals surface area (Å²) in [5.41, 5.74) is 1.36. The Morgan fingerprint density at radius 3 is 2.86 bits per heavy atom. The Labute approximate surface area is 122 Å². The number of likely N-dealkylation sites (N-methyl/N-ethyl adjacent to an activating group) is 1. The second-order valence-electron chi connectivity index (χ2n) is 5.00. The molecule has 2 aromatic heterocycles. The Bertz CT molecular complexity index is 746. The number of benzene rings is 1.